The van der Waals surface area contributed by atoms with Crippen LogP contribution in [0, 0.1) is 0 Å². The van der Waals surface area contributed by atoms with Crippen LogP contribution in [-0.2, 0) is 11.8 Å². The Morgan fingerprint density at radius 3 is 2.57 bits per heavy atom. The fourth-order valence-electron chi connectivity index (χ4n) is 3.42. The third-order valence-electron chi connectivity index (χ3n) is 4.96. The van der Waals surface area contributed by atoms with E-state index in [1.807, 2.05) is 19.2 Å². The first kappa shape index (κ1) is 16.0. The van der Waals surface area contributed by atoms with Crippen LogP contribution in [0.25, 0.3) is 0 Å². The molecular weight excluding hydrogens is 290 g/mol. The van der Waals surface area contributed by atoms with Crippen LogP contribution >= 0.6 is 0 Å². The van der Waals surface area contributed by atoms with Crippen molar-refractivity contribution in [1.29, 1.82) is 0 Å². The first-order chi connectivity index (χ1) is 11.2. The Morgan fingerprint density at radius 1 is 1.26 bits per heavy atom. The van der Waals surface area contributed by atoms with Gasteiger partial charge in [-0.25, -0.2) is 0 Å². The molecule has 1 unspecified atom stereocenters. The largest absolute Gasteiger partial charge is 0.497 e. The van der Waals surface area contributed by atoms with E-state index in [2.05, 4.69) is 29.5 Å². The lowest BCUT2D eigenvalue weighted by Crippen LogP contribution is -2.25. The van der Waals surface area contributed by atoms with Crippen molar-refractivity contribution in [2.45, 2.75) is 50.5 Å². The summed E-state index contributed by atoms with van der Waals surface area (Å²) in [6.45, 7) is 2.12. The third-order valence-corrected chi connectivity index (χ3v) is 4.96. The maximum atomic E-state index is 5.69. The van der Waals surface area contributed by atoms with Crippen molar-refractivity contribution in [3.05, 3.63) is 41.5 Å². The maximum absolute atomic E-state index is 5.69. The Labute approximate surface area is 137 Å². The first-order valence-corrected chi connectivity index (χ1v) is 8.33. The molecule has 1 aromatic carbocycles. The molecule has 0 radical (unpaired) electrons. The summed E-state index contributed by atoms with van der Waals surface area (Å²) in [5.74, 6) is 2.41. The van der Waals surface area contributed by atoms with Gasteiger partial charge in [0, 0.05) is 12.5 Å². The SMILES string of the molecule is CNC(C)Cc1noc(C2(c3ccc(OC)cc3)CCCC2)n1. The van der Waals surface area contributed by atoms with E-state index in [0.29, 0.717) is 6.04 Å². The Kier molecular flexibility index (Phi) is 4.66. The van der Waals surface area contributed by atoms with Crippen LogP contribution in [0.15, 0.2) is 28.8 Å². The number of hydrogen-bond acceptors (Lipinski definition) is 5. The molecular formula is C18H25N3O2. The van der Waals surface area contributed by atoms with Gasteiger partial charge >= 0.3 is 0 Å². The quantitative estimate of drug-likeness (QED) is 0.887. The zero-order chi connectivity index (χ0) is 16.3. The topological polar surface area (TPSA) is 60.2 Å². The molecule has 23 heavy (non-hydrogen) atoms. The molecule has 1 saturated carbocycles. The van der Waals surface area contributed by atoms with Crippen molar-refractivity contribution in [2.75, 3.05) is 14.2 Å². The van der Waals surface area contributed by atoms with E-state index in [1.165, 1.54) is 18.4 Å². The molecule has 1 fully saturated rings. The number of methoxy groups -OCH3 is 1. The van der Waals surface area contributed by atoms with E-state index in [-0.39, 0.29) is 5.41 Å². The van der Waals surface area contributed by atoms with E-state index in [0.717, 1.165) is 36.7 Å². The van der Waals surface area contributed by atoms with Gasteiger partial charge < -0.3 is 14.6 Å². The summed E-state index contributed by atoms with van der Waals surface area (Å²) in [6.07, 6.45) is 5.27. The lowest BCUT2D eigenvalue weighted by atomic mass is 9.78. The predicted molar refractivity (Wildman–Crippen MR) is 88.8 cm³/mol. The minimum atomic E-state index is -0.138. The average molecular weight is 315 g/mol. The summed E-state index contributed by atoms with van der Waals surface area (Å²) in [4.78, 5) is 4.72. The lowest BCUT2D eigenvalue weighted by Gasteiger charge is -2.25. The molecule has 1 aliphatic carbocycles. The number of likely N-dealkylation sites (N-methyl/N-ethyl adjacent to an activating group) is 1. The van der Waals surface area contributed by atoms with E-state index in [9.17, 15) is 0 Å². The second-order valence-electron chi connectivity index (χ2n) is 6.43. The van der Waals surface area contributed by atoms with Crippen LogP contribution in [0.3, 0.4) is 0 Å². The third kappa shape index (κ3) is 3.11. The number of rotatable bonds is 6. The summed E-state index contributed by atoms with van der Waals surface area (Å²) in [7, 11) is 3.63. The second-order valence-corrected chi connectivity index (χ2v) is 6.43. The standard InChI is InChI=1S/C18H25N3O2/c1-13(19-2)12-16-20-17(23-21-16)18(10-4-5-11-18)14-6-8-15(22-3)9-7-14/h6-9,13,19H,4-5,10-12H2,1-3H3. The van der Waals surface area contributed by atoms with Gasteiger partial charge in [0.2, 0.25) is 5.89 Å². The van der Waals surface area contributed by atoms with Crippen LogP contribution in [0.5, 0.6) is 5.75 Å². The highest BCUT2D eigenvalue weighted by atomic mass is 16.5. The fourth-order valence-corrected chi connectivity index (χ4v) is 3.42. The molecule has 0 aliphatic heterocycles. The highest BCUT2D eigenvalue weighted by Crippen LogP contribution is 2.46. The Balaban J connectivity index is 1.91. The van der Waals surface area contributed by atoms with Gasteiger partial charge in [-0.2, -0.15) is 4.98 Å². The Hall–Kier alpha value is -1.88. The van der Waals surface area contributed by atoms with Crippen molar-refractivity contribution >= 4 is 0 Å². The van der Waals surface area contributed by atoms with E-state index in [1.54, 1.807) is 7.11 Å². The van der Waals surface area contributed by atoms with Crippen LogP contribution in [-0.4, -0.2) is 30.3 Å². The van der Waals surface area contributed by atoms with Gasteiger partial charge in [-0.3, -0.25) is 0 Å². The van der Waals surface area contributed by atoms with Crippen molar-refractivity contribution < 1.29 is 9.26 Å². The van der Waals surface area contributed by atoms with Crippen LogP contribution in [0.2, 0.25) is 0 Å². The summed E-state index contributed by atoms with van der Waals surface area (Å²) < 4.78 is 11.0. The lowest BCUT2D eigenvalue weighted by molar-refractivity contribution is 0.308. The number of hydrogen-bond donors (Lipinski definition) is 1. The molecule has 5 nitrogen and oxygen atoms in total. The van der Waals surface area contributed by atoms with Crippen molar-refractivity contribution in [3.63, 3.8) is 0 Å². The minimum absolute atomic E-state index is 0.138. The summed E-state index contributed by atoms with van der Waals surface area (Å²) in [5, 5.41) is 7.41. The number of nitrogens with one attached hydrogen (secondary N) is 1. The molecule has 3 rings (SSSR count). The summed E-state index contributed by atoms with van der Waals surface area (Å²) in [5.41, 5.74) is 1.10. The molecule has 0 spiro atoms. The van der Waals surface area contributed by atoms with Gasteiger partial charge in [0.05, 0.1) is 12.5 Å². The average Bonchev–Trinajstić information content (AvgIpc) is 3.25. The smallest absolute Gasteiger partial charge is 0.237 e. The molecule has 0 amide bonds. The van der Waals surface area contributed by atoms with Gasteiger partial charge in [0.25, 0.3) is 0 Å². The fraction of sp³-hybridized carbons (Fsp3) is 0.556. The molecule has 0 bridgehead atoms. The number of aromatic nitrogens is 2. The number of nitrogens with zero attached hydrogens (tertiary/aromatic N) is 2. The summed E-state index contributed by atoms with van der Waals surface area (Å²) >= 11 is 0. The Bertz CT molecular complexity index is 630. The molecule has 1 atom stereocenters. The van der Waals surface area contributed by atoms with E-state index >= 15 is 0 Å². The monoisotopic (exact) mass is 315 g/mol. The normalized spacial score (nSPS) is 18.0. The molecule has 5 heteroatoms. The van der Waals surface area contributed by atoms with Gasteiger partial charge in [-0.1, -0.05) is 30.1 Å². The first-order valence-electron chi connectivity index (χ1n) is 8.33. The number of benzene rings is 1. The van der Waals surface area contributed by atoms with Crippen molar-refractivity contribution in [1.82, 2.24) is 15.5 Å². The molecule has 1 aliphatic rings. The second kappa shape index (κ2) is 6.71. The van der Waals surface area contributed by atoms with Gasteiger partial charge in [-0.15, -0.1) is 0 Å². The molecule has 124 valence electrons. The molecule has 1 heterocycles. The van der Waals surface area contributed by atoms with Gasteiger partial charge in [0.1, 0.15) is 5.75 Å². The molecule has 0 saturated heterocycles. The van der Waals surface area contributed by atoms with E-state index < -0.39 is 0 Å². The predicted octanol–water partition coefficient (Wildman–Crippen LogP) is 3.09. The highest BCUT2D eigenvalue weighted by molar-refractivity contribution is 5.37. The zero-order valence-electron chi connectivity index (χ0n) is 14.1. The van der Waals surface area contributed by atoms with Crippen molar-refractivity contribution in [3.8, 4) is 5.75 Å². The highest BCUT2D eigenvalue weighted by Gasteiger charge is 2.42. The van der Waals surface area contributed by atoms with Gasteiger partial charge in [0.15, 0.2) is 5.82 Å². The van der Waals surface area contributed by atoms with E-state index in [4.69, 9.17) is 14.2 Å². The van der Waals surface area contributed by atoms with Crippen LogP contribution < -0.4 is 10.1 Å². The number of ether oxygens (including phenoxy) is 1. The van der Waals surface area contributed by atoms with Crippen molar-refractivity contribution in [2.24, 2.45) is 0 Å². The van der Waals surface area contributed by atoms with Crippen LogP contribution in [0.1, 0.15) is 49.9 Å². The summed E-state index contributed by atoms with van der Waals surface area (Å²) in [6, 6.07) is 8.61. The zero-order valence-corrected chi connectivity index (χ0v) is 14.1. The molecule has 1 aromatic heterocycles. The van der Waals surface area contributed by atoms with Crippen LogP contribution in [0.4, 0.5) is 0 Å². The Morgan fingerprint density at radius 2 is 1.96 bits per heavy atom. The molecule has 2 aromatic rings. The molecule has 1 N–H and O–H groups in total. The maximum Gasteiger partial charge on any atom is 0.237 e. The van der Waals surface area contributed by atoms with Gasteiger partial charge in [-0.05, 0) is 44.5 Å². The minimum Gasteiger partial charge on any atom is -0.497 e.